The smallest absolute Gasteiger partial charge is 0.415 e. The van der Waals surface area contributed by atoms with Crippen LogP contribution < -0.4 is 10.2 Å². The zero-order chi connectivity index (χ0) is 19.1. The standard InChI is InChI=1S/C17H18F2N2O5/c1-17(15(23)20-12-3-9(4-12)14(22)25-2)8-21(16(24)26-17)13-6-10(18)5-11(19)7-13/h5-7,9,12H,3-4,8H2,1-2H3,(H,20,23). The average molecular weight is 368 g/mol. The number of carbonyl (C=O) groups is 3. The van der Waals surface area contributed by atoms with Gasteiger partial charge < -0.3 is 14.8 Å². The summed E-state index contributed by atoms with van der Waals surface area (Å²) < 4.78 is 36.6. The number of carbonyl (C=O) groups excluding carboxylic acids is 3. The predicted molar refractivity (Wildman–Crippen MR) is 85.3 cm³/mol. The topological polar surface area (TPSA) is 84.9 Å². The summed E-state index contributed by atoms with van der Waals surface area (Å²) in [4.78, 5) is 37.0. The summed E-state index contributed by atoms with van der Waals surface area (Å²) in [7, 11) is 1.30. The molecule has 1 aliphatic heterocycles. The second-order valence-electron chi connectivity index (χ2n) is 6.67. The van der Waals surface area contributed by atoms with Crippen LogP contribution in [0, 0.1) is 17.6 Å². The van der Waals surface area contributed by atoms with Gasteiger partial charge in [0.2, 0.25) is 5.60 Å². The maximum absolute atomic E-state index is 13.4. The lowest BCUT2D eigenvalue weighted by Gasteiger charge is -2.35. The van der Waals surface area contributed by atoms with Crippen molar-refractivity contribution in [3.05, 3.63) is 29.8 Å². The van der Waals surface area contributed by atoms with Crippen molar-refractivity contribution in [2.75, 3.05) is 18.6 Å². The minimum Gasteiger partial charge on any atom is -0.469 e. The van der Waals surface area contributed by atoms with Gasteiger partial charge in [0.25, 0.3) is 5.91 Å². The van der Waals surface area contributed by atoms with Gasteiger partial charge in [0.05, 0.1) is 25.3 Å². The van der Waals surface area contributed by atoms with Gasteiger partial charge in [-0.15, -0.1) is 0 Å². The number of rotatable bonds is 4. The van der Waals surface area contributed by atoms with E-state index in [1.165, 1.54) is 14.0 Å². The molecule has 2 fully saturated rings. The van der Waals surface area contributed by atoms with Crippen molar-refractivity contribution >= 4 is 23.7 Å². The molecule has 1 atom stereocenters. The number of esters is 1. The lowest BCUT2D eigenvalue weighted by Crippen LogP contribution is -2.55. The number of methoxy groups -OCH3 is 1. The summed E-state index contributed by atoms with van der Waals surface area (Å²) in [6.45, 7) is 1.24. The van der Waals surface area contributed by atoms with E-state index in [4.69, 9.17) is 4.74 Å². The van der Waals surface area contributed by atoms with Gasteiger partial charge in [0.1, 0.15) is 11.6 Å². The Labute approximate surface area is 148 Å². The fourth-order valence-electron chi connectivity index (χ4n) is 3.09. The van der Waals surface area contributed by atoms with Gasteiger partial charge in [-0.2, -0.15) is 0 Å². The first-order chi connectivity index (χ1) is 12.2. The molecule has 0 bridgehead atoms. The zero-order valence-electron chi connectivity index (χ0n) is 14.3. The van der Waals surface area contributed by atoms with E-state index in [9.17, 15) is 23.2 Å². The van der Waals surface area contributed by atoms with Crippen LogP contribution in [0.2, 0.25) is 0 Å². The van der Waals surface area contributed by atoms with Gasteiger partial charge in [0, 0.05) is 12.1 Å². The molecule has 26 heavy (non-hydrogen) atoms. The summed E-state index contributed by atoms with van der Waals surface area (Å²) in [5.74, 6) is -2.79. The van der Waals surface area contributed by atoms with Crippen LogP contribution in [-0.2, 0) is 19.1 Å². The first-order valence-electron chi connectivity index (χ1n) is 8.07. The van der Waals surface area contributed by atoms with Crippen molar-refractivity contribution in [3.63, 3.8) is 0 Å². The number of ether oxygens (including phenoxy) is 2. The molecule has 1 N–H and O–H groups in total. The van der Waals surface area contributed by atoms with Crippen molar-refractivity contribution in [2.45, 2.75) is 31.4 Å². The average Bonchev–Trinajstić information content (AvgIpc) is 2.85. The van der Waals surface area contributed by atoms with Gasteiger partial charge >= 0.3 is 12.1 Å². The lowest BCUT2D eigenvalue weighted by molar-refractivity contribution is -0.150. The second-order valence-corrected chi connectivity index (χ2v) is 6.67. The Morgan fingerprint density at radius 3 is 2.46 bits per heavy atom. The summed E-state index contributed by atoms with van der Waals surface area (Å²) in [6.07, 6.45) is 0.0244. The molecule has 2 amide bonds. The van der Waals surface area contributed by atoms with Crippen LogP contribution in [-0.4, -0.2) is 43.3 Å². The SMILES string of the molecule is COC(=O)C1CC(NC(=O)C2(C)CN(c3cc(F)cc(F)c3)C(=O)O2)C1. The van der Waals surface area contributed by atoms with E-state index >= 15 is 0 Å². The van der Waals surface area contributed by atoms with Crippen molar-refractivity contribution in [1.29, 1.82) is 0 Å². The summed E-state index contributed by atoms with van der Waals surface area (Å²) in [6, 6.07) is 2.44. The molecular formula is C17H18F2N2O5. The fraction of sp³-hybridized carbons (Fsp3) is 0.471. The molecule has 0 radical (unpaired) electrons. The van der Waals surface area contributed by atoms with E-state index in [0.717, 1.165) is 17.0 Å². The molecule has 0 spiro atoms. The third-order valence-electron chi connectivity index (χ3n) is 4.64. The van der Waals surface area contributed by atoms with Crippen molar-refractivity contribution in [1.82, 2.24) is 5.32 Å². The molecule has 3 rings (SSSR count). The van der Waals surface area contributed by atoms with E-state index in [2.05, 4.69) is 10.1 Å². The normalized spacial score (nSPS) is 27.5. The van der Waals surface area contributed by atoms with Crippen molar-refractivity contribution < 1.29 is 32.6 Å². The Balaban J connectivity index is 1.64. The lowest BCUT2D eigenvalue weighted by atomic mass is 9.80. The highest BCUT2D eigenvalue weighted by molar-refractivity contribution is 5.98. The van der Waals surface area contributed by atoms with Crippen LogP contribution in [0.25, 0.3) is 0 Å². The molecule has 1 aromatic carbocycles. The largest absolute Gasteiger partial charge is 0.469 e. The van der Waals surface area contributed by atoms with Gasteiger partial charge in [-0.1, -0.05) is 0 Å². The van der Waals surface area contributed by atoms with Crippen molar-refractivity contribution in [2.24, 2.45) is 5.92 Å². The second kappa shape index (κ2) is 6.54. The zero-order valence-corrected chi connectivity index (χ0v) is 14.3. The highest BCUT2D eigenvalue weighted by atomic mass is 19.1. The number of anilines is 1. The van der Waals surface area contributed by atoms with Gasteiger partial charge in [-0.3, -0.25) is 14.5 Å². The quantitative estimate of drug-likeness (QED) is 0.819. The highest BCUT2D eigenvalue weighted by Gasteiger charge is 2.49. The first kappa shape index (κ1) is 18.1. The van der Waals surface area contributed by atoms with E-state index in [1.807, 2.05) is 0 Å². The molecule has 7 nitrogen and oxygen atoms in total. The number of hydrogen-bond acceptors (Lipinski definition) is 5. The Morgan fingerprint density at radius 1 is 1.27 bits per heavy atom. The molecule has 1 unspecified atom stereocenters. The number of hydrogen-bond donors (Lipinski definition) is 1. The first-order valence-corrected chi connectivity index (χ1v) is 8.07. The Bertz CT molecular complexity index is 745. The number of nitrogens with zero attached hydrogens (tertiary/aromatic N) is 1. The third-order valence-corrected chi connectivity index (χ3v) is 4.64. The van der Waals surface area contributed by atoms with Gasteiger partial charge in [0.15, 0.2) is 0 Å². The predicted octanol–water partition coefficient (Wildman–Crippen LogP) is 1.75. The molecule has 1 aliphatic carbocycles. The van der Waals surface area contributed by atoms with Crippen LogP contribution in [0.5, 0.6) is 0 Å². The van der Waals surface area contributed by atoms with Crippen LogP contribution in [0.3, 0.4) is 0 Å². The highest BCUT2D eigenvalue weighted by Crippen LogP contribution is 2.32. The summed E-state index contributed by atoms with van der Waals surface area (Å²) in [5, 5.41) is 2.72. The van der Waals surface area contributed by atoms with E-state index in [1.54, 1.807) is 0 Å². The maximum atomic E-state index is 13.4. The fourth-order valence-corrected chi connectivity index (χ4v) is 3.09. The molecule has 1 aromatic rings. The minimum atomic E-state index is -1.50. The van der Waals surface area contributed by atoms with Crippen LogP contribution in [0.1, 0.15) is 19.8 Å². The molecule has 0 aromatic heterocycles. The molecule has 1 saturated heterocycles. The minimum absolute atomic E-state index is 0.0292. The number of cyclic esters (lactones) is 1. The van der Waals surface area contributed by atoms with E-state index in [-0.39, 0.29) is 30.2 Å². The number of halogens is 2. The Morgan fingerprint density at radius 2 is 1.88 bits per heavy atom. The summed E-state index contributed by atoms with van der Waals surface area (Å²) in [5.41, 5.74) is -1.53. The Kier molecular flexibility index (Phi) is 4.55. The molecule has 2 aliphatic rings. The van der Waals surface area contributed by atoms with Crippen LogP contribution in [0.4, 0.5) is 19.3 Å². The number of benzene rings is 1. The maximum Gasteiger partial charge on any atom is 0.415 e. The monoisotopic (exact) mass is 368 g/mol. The molecule has 1 saturated carbocycles. The molecule has 9 heteroatoms. The van der Waals surface area contributed by atoms with Crippen molar-refractivity contribution in [3.8, 4) is 0 Å². The molecule has 1 heterocycles. The third kappa shape index (κ3) is 3.33. The summed E-state index contributed by atoms with van der Waals surface area (Å²) >= 11 is 0. The Hall–Kier alpha value is -2.71. The number of nitrogens with one attached hydrogen (secondary N) is 1. The van der Waals surface area contributed by atoms with E-state index < -0.39 is 29.2 Å². The van der Waals surface area contributed by atoms with Gasteiger partial charge in [-0.05, 0) is 31.9 Å². The van der Waals surface area contributed by atoms with E-state index in [0.29, 0.717) is 18.9 Å². The molecular weight excluding hydrogens is 350 g/mol. The van der Waals surface area contributed by atoms with Crippen LogP contribution >= 0.6 is 0 Å². The number of amides is 2. The molecule has 140 valence electrons. The van der Waals surface area contributed by atoms with Crippen LogP contribution in [0.15, 0.2) is 18.2 Å². The van der Waals surface area contributed by atoms with Gasteiger partial charge in [-0.25, -0.2) is 13.6 Å².